The minimum absolute atomic E-state index is 0.662. The molecule has 1 atom stereocenters. The van der Waals surface area contributed by atoms with Crippen molar-refractivity contribution in [3.8, 4) is 0 Å². The van der Waals surface area contributed by atoms with E-state index in [0.29, 0.717) is 5.92 Å². The van der Waals surface area contributed by atoms with E-state index in [1.54, 1.807) is 11.3 Å². The van der Waals surface area contributed by atoms with Crippen LogP contribution in [0.5, 0.6) is 0 Å². The van der Waals surface area contributed by atoms with Crippen molar-refractivity contribution in [1.82, 2.24) is 0 Å². The molecule has 0 aliphatic rings. The first-order chi connectivity index (χ1) is 7.27. The fraction of sp³-hybridized carbons (Fsp3) is 0.538. The fourth-order valence-corrected chi connectivity index (χ4v) is 2.91. The maximum atomic E-state index is 5.97. The Bertz CT molecular complexity index is 301. The van der Waals surface area contributed by atoms with Gasteiger partial charge in [-0.25, -0.2) is 0 Å². The van der Waals surface area contributed by atoms with Crippen LogP contribution >= 0.6 is 22.9 Å². The van der Waals surface area contributed by atoms with Gasteiger partial charge < -0.3 is 0 Å². The van der Waals surface area contributed by atoms with Gasteiger partial charge in [0.25, 0.3) is 0 Å². The highest BCUT2D eigenvalue weighted by Gasteiger charge is 2.11. The number of allylic oxidation sites excluding steroid dienone is 2. The molecular formula is C13H19ClS. The van der Waals surface area contributed by atoms with Gasteiger partial charge >= 0.3 is 0 Å². The fourth-order valence-electron chi connectivity index (χ4n) is 1.70. The Morgan fingerprint density at radius 2 is 2.13 bits per heavy atom. The van der Waals surface area contributed by atoms with E-state index in [0.717, 1.165) is 17.2 Å². The summed E-state index contributed by atoms with van der Waals surface area (Å²) in [5.41, 5.74) is 0. The van der Waals surface area contributed by atoms with Crippen molar-refractivity contribution in [3.63, 3.8) is 0 Å². The van der Waals surface area contributed by atoms with E-state index >= 15 is 0 Å². The Labute approximate surface area is 102 Å². The third-order valence-electron chi connectivity index (χ3n) is 2.46. The second-order valence-electron chi connectivity index (χ2n) is 3.74. The Kier molecular flexibility index (Phi) is 6.04. The summed E-state index contributed by atoms with van der Waals surface area (Å²) < 4.78 is 0.908. The maximum absolute atomic E-state index is 5.97. The van der Waals surface area contributed by atoms with Crippen molar-refractivity contribution in [2.45, 2.75) is 45.4 Å². The average Bonchev–Trinajstić information content (AvgIpc) is 2.64. The van der Waals surface area contributed by atoms with Crippen molar-refractivity contribution in [2.75, 3.05) is 0 Å². The zero-order chi connectivity index (χ0) is 11.1. The summed E-state index contributed by atoms with van der Waals surface area (Å²) in [6, 6.07) is 4.18. The molecule has 0 aliphatic carbocycles. The average molecular weight is 243 g/mol. The summed E-state index contributed by atoms with van der Waals surface area (Å²) in [5, 5.41) is 0. The Balaban J connectivity index is 2.61. The standard InChI is InChI=1S/C13H19ClS/c1-3-5-6-8-11(7-4-2)12-9-10-13(14)15-12/h5-6,9-11H,3-4,7-8H2,1-2H3/b6-5-. The van der Waals surface area contributed by atoms with Gasteiger partial charge in [0.15, 0.2) is 0 Å². The van der Waals surface area contributed by atoms with Gasteiger partial charge in [0.05, 0.1) is 4.34 Å². The zero-order valence-corrected chi connectivity index (χ0v) is 11.1. The van der Waals surface area contributed by atoms with E-state index in [-0.39, 0.29) is 0 Å². The van der Waals surface area contributed by atoms with Crippen LogP contribution in [-0.2, 0) is 0 Å². The van der Waals surface area contributed by atoms with E-state index < -0.39 is 0 Å². The Hall–Kier alpha value is -0.270. The molecule has 0 saturated carbocycles. The molecule has 0 nitrogen and oxygen atoms in total. The lowest BCUT2D eigenvalue weighted by molar-refractivity contribution is 0.629. The molecule has 0 radical (unpaired) electrons. The Morgan fingerprint density at radius 3 is 2.67 bits per heavy atom. The van der Waals surface area contributed by atoms with Crippen molar-refractivity contribution in [2.24, 2.45) is 0 Å². The van der Waals surface area contributed by atoms with Crippen LogP contribution in [-0.4, -0.2) is 0 Å². The monoisotopic (exact) mass is 242 g/mol. The first-order valence-electron chi connectivity index (χ1n) is 5.68. The van der Waals surface area contributed by atoms with Crippen LogP contribution in [0.3, 0.4) is 0 Å². The molecule has 1 aromatic heterocycles. The number of rotatable bonds is 6. The first kappa shape index (κ1) is 12.8. The molecule has 0 amide bonds. The molecule has 84 valence electrons. The van der Waals surface area contributed by atoms with Gasteiger partial charge in [0, 0.05) is 4.88 Å². The van der Waals surface area contributed by atoms with Gasteiger partial charge in [0.1, 0.15) is 0 Å². The molecule has 1 unspecified atom stereocenters. The smallest absolute Gasteiger partial charge is 0.0931 e. The highest BCUT2D eigenvalue weighted by atomic mass is 35.5. The summed E-state index contributed by atoms with van der Waals surface area (Å²) in [7, 11) is 0. The van der Waals surface area contributed by atoms with Crippen LogP contribution < -0.4 is 0 Å². The summed E-state index contributed by atoms with van der Waals surface area (Å²) in [6.07, 6.45) is 9.32. The van der Waals surface area contributed by atoms with Crippen molar-refractivity contribution >= 4 is 22.9 Å². The summed E-state index contributed by atoms with van der Waals surface area (Å²) in [5.74, 6) is 0.662. The predicted octanol–water partition coefficient (Wildman–Crippen LogP) is 5.64. The van der Waals surface area contributed by atoms with E-state index in [1.165, 1.54) is 17.7 Å². The molecule has 0 saturated heterocycles. The number of hydrogen-bond acceptors (Lipinski definition) is 1. The third-order valence-corrected chi connectivity index (χ3v) is 3.85. The highest BCUT2D eigenvalue weighted by molar-refractivity contribution is 7.16. The topological polar surface area (TPSA) is 0 Å². The summed E-state index contributed by atoms with van der Waals surface area (Å²) in [6.45, 7) is 4.42. The molecule has 0 aromatic carbocycles. The highest BCUT2D eigenvalue weighted by Crippen LogP contribution is 2.33. The number of hydrogen-bond donors (Lipinski definition) is 0. The largest absolute Gasteiger partial charge is 0.128 e. The molecule has 0 spiro atoms. The minimum atomic E-state index is 0.662. The Morgan fingerprint density at radius 1 is 1.33 bits per heavy atom. The molecule has 2 heteroatoms. The van der Waals surface area contributed by atoms with E-state index in [2.05, 4.69) is 32.1 Å². The van der Waals surface area contributed by atoms with E-state index in [4.69, 9.17) is 11.6 Å². The number of thiophene rings is 1. The quantitative estimate of drug-likeness (QED) is 0.566. The second kappa shape index (κ2) is 7.08. The van der Waals surface area contributed by atoms with Crippen LogP contribution in [0.4, 0.5) is 0 Å². The molecule has 0 N–H and O–H groups in total. The molecule has 15 heavy (non-hydrogen) atoms. The van der Waals surface area contributed by atoms with Crippen molar-refractivity contribution in [3.05, 3.63) is 33.5 Å². The molecule has 1 aromatic rings. The molecular weight excluding hydrogens is 224 g/mol. The van der Waals surface area contributed by atoms with Gasteiger partial charge in [0.2, 0.25) is 0 Å². The van der Waals surface area contributed by atoms with E-state index in [1.807, 2.05) is 6.07 Å². The molecule has 0 bridgehead atoms. The lowest BCUT2D eigenvalue weighted by Gasteiger charge is -2.11. The van der Waals surface area contributed by atoms with Gasteiger partial charge in [-0.2, -0.15) is 0 Å². The molecule has 0 aliphatic heterocycles. The zero-order valence-electron chi connectivity index (χ0n) is 9.50. The van der Waals surface area contributed by atoms with Crippen LogP contribution in [0.1, 0.15) is 50.3 Å². The van der Waals surface area contributed by atoms with Crippen LogP contribution in [0, 0.1) is 0 Å². The van der Waals surface area contributed by atoms with Gasteiger partial charge in [-0.15, -0.1) is 11.3 Å². The van der Waals surface area contributed by atoms with Crippen molar-refractivity contribution in [1.29, 1.82) is 0 Å². The lowest BCUT2D eigenvalue weighted by atomic mass is 9.98. The van der Waals surface area contributed by atoms with E-state index in [9.17, 15) is 0 Å². The maximum Gasteiger partial charge on any atom is 0.0931 e. The van der Waals surface area contributed by atoms with Crippen LogP contribution in [0.15, 0.2) is 24.3 Å². The predicted molar refractivity (Wildman–Crippen MR) is 71.0 cm³/mol. The molecule has 1 heterocycles. The third kappa shape index (κ3) is 4.40. The minimum Gasteiger partial charge on any atom is -0.128 e. The number of halogens is 1. The van der Waals surface area contributed by atoms with Crippen LogP contribution in [0.25, 0.3) is 0 Å². The van der Waals surface area contributed by atoms with Crippen molar-refractivity contribution < 1.29 is 0 Å². The van der Waals surface area contributed by atoms with Crippen LogP contribution in [0.2, 0.25) is 4.34 Å². The normalized spacial score (nSPS) is 13.5. The SMILES string of the molecule is CC/C=C\CC(CCC)c1ccc(Cl)s1. The van der Waals surface area contributed by atoms with Gasteiger partial charge in [-0.05, 0) is 37.3 Å². The second-order valence-corrected chi connectivity index (χ2v) is 5.49. The summed E-state index contributed by atoms with van der Waals surface area (Å²) in [4.78, 5) is 1.43. The molecule has 0 fully saturated rings. The first-order valence-corrected chi connectivity index (χ1v) is 6.87. The summed E-state index contributed by atoms with van der Waals surface area (Å²) >= 11 is 7.69. The van der Waals surface area contributed by atoms with Gasteiger partial charge in [-0.3, -0.25) is 0 Å². The lowest BCUT2D eigenvalue weighted by Crippen LogP contribution is -1.93. The van der Waals surface area contributed by atoms with Gasteiger partial charge in [-0.1, -0.05) is 44.0 Å². The molecule has 1 rings (SSSR count).